The van der Waals surface area contributed by atoms with E-state index in [0.717, 1.165) is 12.5 Å². The molecule has 1 aliphatic carbocycles. The molecule has 0 unspecified atom stereocenters. The van der Waals surface area contributed by atoms with E-state index < -0.39 is 0 Å². The van der Waals surface area contributed by atoms with Crippen molar-refractivity contribution in [2.45, 2.75) is 58.4 Å². The largest absolute Gasteiger partial charge is 0.312 e. The van der Waals surface area contributed by atoms with Gasteiger partial charge >= 0.3 is 0 Å². The van der Waals surface area contributed by atoms with Gasteiger partial charge in [-0.25, -0.2) is 0 Å². The minimum absolute atomic E-state index is 0.260. The maximum absolute atomic E-state index is 3.60. The highest BCUT2D eigenvalue weighted by molar-refractivity contribution is 5.27. The zero-order valence-corrected chi connectivity index (χ0v) is 12.1. The number of hydrogen-bond donors (Lipinski definition) is 1. The molecule has 0 saturated heterocycles. The first-order chi connectivity index (χ1) is 8.55. The smallest absolute Gasteiger partial charge is 0.0205 e. The zero-order chi connectivity index (χ0) is 13.0. The lowest BCUT2D eigenvalue weighted by Crippen LogP contribution is -2.20. The molecule has 1 heteroatoms. The second-order valence-electron chi connectivity index (χ2n) is 6.73. The predicted octanol–water partition coefficient (Wildman–Crippen LogP) is 4.26. The molecule has 1 aromatic carbocycles. The van der Waals surface area contributed by atoms with Crippen molar-refractivity contribution in [3.05, 3.63) is 35.4 Å². The minimum atomic E-state index is 0.260. The Morgan fingerprint density at radius 3 is 2.22 bits per heavy atom. The Kier molecular flexibility index (Phi) is 4.45. The van der Waals surface area contributed by atoms with E-state index in [9.17, 15) is 0 Å². The van der Waals surface area contributed by atoms with Crippen LogP contribution in [-0.4, -0.2) is 6.54 Å². The van der Waals surface area contributed by atoms with Crippen LogP contribution in [-0.2, 0) is 12.0 Å². The second kappa shape index (κ2) is 5.88. The van der Waals surface area contributed by atoms with Gasteiger partial charge in [-0.15, -0.1) is 0 Å². The fourth-order valence-corrected chi connectivity index (χ4v) is 2.76. The Hall–Kier alpha value is -0.820. The summed E-state index contributed by atoms with van der Waals surface area (Å²) in [5.74, 6) is 0.929. The summed E-state index contributed by atoms with van der Waals surface area (Å²) >= 11 is 0. The van der Waals surface area contributed by atoms with Crippen LogP contribution in [0.25, 0.3) is 0 Å². The van der Waals surface area contributed by atoms with E-state index in [4.69, 9.17) is 0 Å². The average Bonchev–Trinajstić information content (AvgIpc) is 2.82. The molecule has 1 aromatic rings. The Morgan fingerprint density at radius 1 is 1.06 bits per heavy atom. The van der Waals surface area contributed by atoms with Crippen molar-refractivity contribution in [2.24, 2.45) is 5.92 Å². The third-order valence-corrected chi connectivity index (χ3v) is 4.06. The van der Waals surface area contributed by atoms with Crippen molar-refractivity contribution < 1.29 is 0 Å². The van der Waals surface area contributed by atoms with Gasteiger partial charge in [0.1, 0.15) is 0 Å². The SMILES string of the molecule is CC(C)(C)c1ccc(CNCC2CCCC2)cc1. The van der Waals surface area contributed by atoms with Crippen LogP contribution < -0.4 is 5.32 Å². The predicted molar refractivity (Wildman–Crippen MR) is 78.8 cm³/mol. The molecule has 0 aromatic heterocycles. The van der Waals surface area contributed by atoms with Crippen LogP contribution in [0.2, 0.25) is 0 Å². The zero-order valence-electron chi connectivity index (χ0n) is 12.1. The monoisotopic (exact) mass is 245 g/mol. The van der Waals surface area contributed by atoms with Gasteiger partial charge in [0.05, 0.1) is 0 Å². The van der Waals surface area contributed by atoms with E-state index in [1.807, 2.05) is 0 Å². The molecule has 1 N–H and O–H groups in total. The third kappa shape index (κ3) is 3.84. The molecule has 1 saturated carbocycles. The third-order valence-electron chi connectivity index (χ3n) is 4.06. The number of benzene rings is 1. The topological polar surface area (TPSA) is 12.0 Å². The summed E-state index contributed by atoms with van der Waals surface area (Å²) in [5.41, 5.74) is 3.08. The molecule has 0 aliphatic heterocycles. The quantitative estimate of drug-likeness (QED) is 0.835. The highest BCUT2D eigenvalue weighted by Crippen LogP contribution is 2.24. The van der Waals surface area contributed by atoms with Crippen LogP contribution in [0.5, 0.6) is 0 Å². The molecule has 0 bridgehead atoms. The fraction of sp³-hybridized carbons (Fsp3) is 0.647. The summed E-state index contributed by atoms with van der Waals surface area (Å²) in [7, 11) is 0. The van der Waals surface area contributed by atoms with Gasteiger partial charge in [-0.05, 0) is 41.8 Å². The van der Waals surface area contributed by atoms with E-state index in [-0.39, 0.29) is 5.41 Å². The van der Waals surface area contributed by atoms with Crippen LogP contribution in [0.1, 0.15) is 57.6 Å². The molecule has 0 radical (unpaired) electrons. The van der Waals surface area contributed by atoms with Gasteiger partial charge in [0, 0.05) is 6.54 Å². The van der Waals surface area contributed by atoms with Crippen molar-refractivity contribution in [1.82, 2.24) is 5.32 Å². The van der Waals surface area contributed by atoms with Crippen LogP contribution in [0.15, 0.2) is 24.3 Å². The normalized spacial score (nSPS) is 17.3. The standard InChI is InChI=1S/C17H27N/c1-17(2,3)16-10-8-15(9-11-16)13-18-12-14-6-4-5-7-14/h8-11,14,18H,4-7,12-13H2,1-3H3. The van der Waals surface area contributed by atoms with Gasteiger partial charge in [-0.2, -0.15) is 0 Å². The van der Waals surface area contributed by atoms with Crippen LogP contribution in [0, 0.1) is 5.92 Å². The molecule has 2 rings (SSSR count). The van der Waals surface area contributed by atoms with Crippen molar-refractivity contribution in [1.29, 1.82) is 0 Å². The van der Waals surface area contributed by atoms with Crippen molar-refractivity contribution in [3.63, 3.8) is 0 Å². The van der Waals surface area contributed by atoms with Crippen LogP contribution in [0.4, 0.5) is 0 Å². The first-order valence-corrected chi connectivity index (χ1v) is 7.36. The van der Waals surface area contributed by atoms with Crippen molar-refractivity contribution >= 4 is 0 Å². The average molecular weight is 245 g/mol. The Morgan fingerprint density at radius 2 is 1.67 bits per heavy atom. The van der Waals surface area contributed by atoms with Gasteiger partial charge in [0.25, 0.3) is 0 Å². The van der Waals surface area contributed by atoms with Crippen molar-refractivity contribution in [3.8, 4) is 0 Å². The molecule has 0 amide bonds. The summed E-state index contributed by atoms with van der Waals surface area (Å²) in [6, 6.07) is 9.07. The Labute approximate surface area is 112 Å². The summed E-state index contributed by atoms with van der Waals surface area (Å²) < 4.78 is 0. The molecule has 0 heterocycles. The first kappa shape index (κ1) is 13.6. The molecule has 18 heavy (non-hydrogen) atoms. The maximum Gasteiger partial charge on any atom is 0.0205 e. The molecule has 0 spiro atoms. The van der Waals surface area contributed by atoms with Gasteiger partial charge in [-0.3, -0.25) is 0 Å². The number of nitrogens with one attached hydrogen (secondary N) is 1. The van der Waals surface area contributed by atoms with Crippen LogP contribution >= 0.6 is 0 Å². The van der Waals surface area contributed by atoms with Gasteiger partial charge in [-0.1, -0.05) is 57.9 Å². The number of rotatable bonds is 4. The molecule has 1 nitrogen and oxygen atoms in total. The summed E-state index contributed by atoms with van der Waals surface area (Å²) in [6.07, 6.45) is 5.73. The highest BCUT2D eigenvalue weighted by Gasteiger charge is 2.14. The highest BCUT2D eigenvalue weighted by atomic mass is 14.9. The Balaban J connectivity index is 1.79. The Bertz CT molecular complexity index is 352. The van der Waals surface area contributed by atoms with Gasteiger partial charge in [0.15, 0.2) is 0 Å². The van der Waals surface area contributed by atoms with Gasteiger partial charge < -0.3 is 5.32 Å². The lowest BCUT2D eigenvalue weighted by Gasteiger charge is -2.19. The van der Waals surface area contributed by atoms with E-state index in [0.29, 0.717) is 0 Å². The van der Waals surface area contributed by atoms with Crippen molar-refractivity contribution in [2.75, 3.05) is 6.54 Å². The van der Waals surface area contributed by atoms with E-state index in [2.05, 4.69) is 50.4 Å². The minimum Gasteiger partial charge on any atom is -0.312 e. The number of hydrogen-bond acceptors (Lipinski definition) is 1. The molecular formula is C17H27N. The lowest BCUT2D eigenvalue weighted by molar-refractivity contribution is 0.489. The molecular weight excluding hydrogens is 218 g/mol. The summed E-state index contributed by atoms with van der Waals surface area (Å²) in [5, 5.41) is 3.60. The lowest BCUT2D eigenvalue weighted by atomic mass is 9.87. The first-order valence-electron chi connectivity index (χ1n) is 7.36. The summed E-state index contributed by atoms with van der Waals surface area (Å²) in [6.45, 7) is 9.00. The second-order valence-corrected chi connectivity index (χ2v) is 6.73. The summed E-state index contributed by atoms with van der Waals surface area (Å²) in [4.78, 5) is 0. The molecule has 100 valence electrons. The molecule has 1 fully saturated rings. The fourth-order valence-electron chi connectivity index (χ4n) is 2.76. The molecule has 1 aliphatic rings. The maximum atomic E-state index is 3.60. The van der Waals surface area contributed by atoms with E-state index in [1.54, 1.807) is 0 Å². The van der Waals surface area contributed by atoms with E-state index in [1.165, 1.54) is 43.4 Å². The van der Waals surface area contributed by atoms with E-state index >= 15 is 0 Å². The molecule has 0 atom stereocenters. The van der Waals surface area contributed by atoms with Gasteiger partial charge in [0.2, 0.25) is 0 Å². The van der Waals surface area contributed by atoms with Crippen LogP contribution in [0.3, 0.4) is 0 Å².